The van der Waals surface area contributed by atoms with Gasteiger partial charge in [0.05, 0.1) is 24.3 Å². The molecule has 29 heavy (non-hydrogen) atoms. The van der Waals surface area contributed by atoms with E-state index in [4.69, 9.17) is 9.84 Å². The number of allylic oxidation sites excluding steroid dienone is 2. The normalized spacial score (nSPS) is 23.2. The van der Waals surface area contributed by atoms with Gasteiger partial charge in [0.2, 0.25) is 0 Å². The maximum atomic E-state index is 5.53. The number of nitrogens with one attached hydrogen (secondary N) is 1. The first-order chi connectivity index (χ1) is 14.1. The van der Waals surface area contributed by atoms with Crippen molar-refractivity contribution >= 4 is 33.1 Å². The van der Waals surface area contributed by atoms with Gasteiger partial charge in [-0.1, -0.05) is 13.8 Å². The molecule has 0 radical (unpaired) electrons. The minimum absolute atomic E-state index is 0.200. The van der Waals surface area contributed by atoms with Crippen molar-refractivity contribution in [1.29, 1.82) is 0 Å². The average molecular weight is 412 g/mol. The van der Waals surface area contributed by atoms with Gasteiger partial charge in [-0.2, -0.15) is 5.10 Å². The highest BCUT2D eigenvalue weighted by atomic mass is 32.1. The monoisotopic (exact) mass is 411 g/mol. The van der Waals surface area contributed by atoms with Crippen molar-refractivity contribution in [2.75, 3.05) is 31.7 Å². The largest absolute Gasteiger partial charge is 0.378 e. The average Bonchev–Trinajstić information content (AvgIpc) is 3.11. The number of anilines is 1. The molecule has 2 aromatic rings. The molecule has 0 spiro atoms. The Labute approximate surface area is 176 Å². The Bertz CT molecular complexity index is 971. The van der Waals surface area contributed by atoms with E-state index in [-0.39, 0.29) is 5.41 Å². The zero-order valence-electron chi connectivity index (χ0n) is 17.3. The molecular weight excluding hydrogens is 382 g/mol. The van der Waals surface area contributed by atoms with Crippen LogP contribution in [0.1, 0.15) is 50.0 Å². The lowest BCUT2D eigenvalue weighted by Crippen LogP contribution is -2.39. The van der Waals surface area contributed by atoms with E-state index in [1.807, 2.05) is 11.3 Å². The Morgan fingerprint density at radius 3 is 2.83 bits per heavy atom. The quantitative estimate of drug-likeness (QED) is 0.760. The Kier molecular flexibility index (Phi) is 5.04. The van der Waals surface area contributed by atoms with Crippen LogP contribution in [0.25, 0.3) is 10.2 Å². The Morgan fingerprint density at radius 2 is 1.97 bits per heavy atom. The van der Waals surface area contributed by atoms with E-state index in [9.17, 15) is 0 Å². The van der Waals surface area contributed by atoms with Crippen LogP contribution in [0.5, 0.6) is 0 Å². The van der Waals surface area contributed by atoms with Crippen LogP contribution >= 0.6 is 11.3 Å². The third kappa shape index (κ3) is 3.90. The number of hydrogen-bond donors (Lipinski definition) is 1. The van der Waals surface area contributed by atoms with Gasteiger partial charge in [-0.3, -0.25) is 5.43 Å². The van der Waals surface area contributed by atoms with E-state index >= 15 is 0 Å². The second kappa shape index (κ2) is 7.69. The van der Waals surface area contributed by atoms with Crippen LogP contribution in [0.2, 0.25) is 0 Å². The van der Waals surface area contributed by atoms with Crippen LogP contribution in [0, 0.1) is 5.41 Å². The fourth-order valence-electron chi connectivity index (χ4n) is 4.76. The van der Waals surface area contributed by atoms with Crippen molar-refractivity contribution in [3.8, 4) is 0 Å². The maximum Gasteiger partial charge on any atom is 0.158 e. The number of nitrogens with zero attached hydrogens (tertiary/aromatic N) is 4. The zero-order chi connectivity index (χ0) is 19.8. The van der Waals surface area contributed by atoms with Gasteiger partial charge >= 0.3 is 0 Å². The Balaban J connectivity index is 1.45. The van der Waals surface area contributed by atoms with Crippen LogP contribution in [-0.4, -0.2) is 46.9 Å². The minimum atomic E-state index is 0.200. The van der Waals surface area contributed by atoms with Crippen molar-refractivity contribution in [3.05, 3.63) is 28.5 Å². The van der Waals surface area contributed by atoms with Gasteiger partial charge in [-0.25, -0.2) is 9.97 Å². The van der Waals surface area contributed by atoms with Crippen molar-refractivity contribution in [2.45, 2.75) is 52.4 Å². The number of fused-ring (bicyclic) bond motifs is 3. The summed E-state index contributed by atoms with van der Waals surface area (Å²) in [6, 6.07) is 0. The molecule has 1 aliphatic heterocycles. The number of aryl methyl sites for hydroxylation is 2. The topological polar surface area (TPSA) is 62.6 Å². The molecule has 1 N–H and O–H groups in total. The van der Waals surface area contributed by atoms with Gasteiger partial charge in [0.15, 0.2) is 5.82 Å². The van der Waals surface area contributed by atoms with Gasteiger partial charge in [-0.05, 0) is 55.6 Å². The maximum absolute atomic E-state index is 5.53. The number of hydrazone groups is 1. The Morgan fingerprint density at radius 1 is 1.14 bits per heavy atom. The summed E-state index contributed by atoms with van der Waals surface area (Å²) in [7, 11) is 0. The second-order valence-corrected chi connectivity index (χ2v) is 10.2. The second-order valence-electron chi connectivity index (χ2n) is 9.08. The number of ether oxygens (including phenoxy) is 1. The molecule has 6 nitrogen and oxygen atoms in total. The van der Waals surface area contributed by atoms with E-state index in [1.54, 1.807) is 6.33 Å². The third-order valence-electron chi connectivity index (χ3n) is 6.13. The van der Waals surface area contributed by atoms with Gasteiger partial charge in [0.25, 0.3) is 0 Å². The summed E-state index contributed by atoms with van der Waals surface area (Å²) in [5.41, 5.74) is 7.42. The number of rotatable bonds is 3. The smallest absolute Gasteiger partial charge is 0.158 e. The van der Waals surface area contributed by atoms with Crippen LogP contribution in [0.4, 0.5) is 5.82 Å². The lowest BCUT2D eigenvalue weighted by molar-refractivity contribution is 0.0491. The minimum Gasteiger partial charge on any atom is -0.378 e. The molecule has 0 bridgehead atoms. The van der Waals surface area contributed by atoms with Gasteiger partial charge in [0, 0.05) is 23.7 Å². The molecule has 1 fully saturated rings. The molecule has 0 unspecified atom stereocenters. The highest BCUT2D eigenvalue weighted by molar-refractivity contribution is 7.19. The fourth-order valence-corrected chi connectivity index (χ4v) is 5.99. The van der Waals surface area contributed by atoms with Gasteiger partial charge in [-0.15, -0.1) is 11.3 Å². The summed E-state index contributed by atoms with van der Waals surface area (Å²) >= 11 is 1.82. The van der Waals surface area contributed by atoms with Crippen LogP contribution < -0.4 is 5.43 Å². The highest BCUT2D eigenvalue weighted by Gasteiger charge is 2.29. The molecule has 154 valence electrons. The van der Waals surface area contributed by atoms with E-state index in [0.717, 1.165) is 61.9 Å². The summed E-state index contributed by atoms with van der Waals surface area (Å²) in [5, 5.41) is 6.00. The summed E-state index contributed by atoms with van der Waals surface area (Å²) in [4.78, 5) is 14.1. The predicted octanol–water partition coefficient (Wildman–Crippen LogP) is 4.37. The number of thiophene rings is 1. The highest BCUT2D eigenvalue weighted by Crippen LogP contribution is 2.39. The molecule has 2 aliphatic carbocycles. The molecule has 3 aliphatic rings. The molecule has 0 aromatic carbocycles. The van der Waals surface area contributed by atoms with Crippen molar-refractivity contribution in [2.24, 2.45) is 10.5 Å². The van der Waals surface area contributed by atoms with Crippen molar-refractivity contribution in [3.63, 3.8) is 0 Å². The van der Waals surface area contributed by atoms with Gasteiger partial charge < -0.3 is 9.64 Å². The number of aromatic nitrogens is 2. The van der Waals surface area contributed by atoms with Crippen LogP contribution in [-0.2, 0) is 17.6 Å². The first-order valence-corrected chi connectivity index (χ1v) is 11.5. The standard InChI is InChI=1S/C22H29N5OS/c1-22(2)12-15(11-16(13-22)27-7-9-28-10-8-27)25-26-20-19-17-5-3-4-6-18(17)29-21(19)24-14-23-20/h11,14H,3-10,12-13H2,1-2H3,(H,23,24,26)/b25-15+. The van der Waals surface area contributed by atoms with Crippen LogP contribution in [0.15, 0.2) is 23.2 Å². The molecule has 3 heterocycles. The van der Waals surface area contributed by atoms with E-state index < -0.39 is 0 Å². The van der Waals surface area contributed by atoms with E-state index in [2.05, 4.69) is 40.2 Å². The fraction of sp³-hybridized carbons (Fsp3) is 0.591. The summed E-state index contributed by atoms with van der Waals surface area (Å²) < 4.78 is 5.53. The summed E-state index contributed by atoms with van der Waals surface area (Å²) in [6.07, 6.45) is 10.8. The van der Waals surface area contributed by atoms with Gasteiger partial charge in [0.1, 0.15) is 11.2 Å². The van der Waals surface area contributed by atoms with E-state index in [1.165, 1.54) is 40.8 Å². The molecule has 1 saturated heterocycles. The molecule has 0 amide bonds. The molecular formula is C22H29N5OS. The first-order valence-electron chi connectivity index (χ1n) is 10.7. The molecule has 7 heteroatoms. The van der Waals surface area contributed by atoms with Crippen molar-refractivity contribution < 1.29 is 4.74 Å². The number of hydrogen-bond acceptors (Lipinski definition) is 7. The predicted molar refractivity (Wildman–Crippen MR) is 119 cm³/mol. The summed E-state index contributed by atoms with van der Waals surface area (Å²) in [6.45, 7) is 8.21. The molecule has 5 rings (SSSR count). The zero-order valence-corrected chi connectivity index (χ0v) is 18.1. The van der Waals surface area contributed by atoms with E-state index in [0.29, 0.717) is 0 Å². The molecule has 2 aromatic heterocycles. The summed E-state index contributed by atoms with van der Waals surface area (Å²) in [5.74, 6) is 0.853. The molecule has 0 atom stereocenters. The molecule has 0 saturated carbocycles. The lowest BCUT2D eigenvalue weighted by Gasteiger charge is -2.38. The van der Waals surface area contributed by atoms with Crippen molar-refractivity contribution in [1.82, 2.24) is 14.9 Å². The lowest BCUT2D eigenvalue weighted by atomic mass is 9.78. The number of morpholine rings is 1. The van der Waals surface area contributed by atoms with Crippen LogP contribution in [0.3, 0.4) is 0 Å². The first kappa shape index (κ1) is 19.0. The third-order valence-corrected chi connectivity index (χ3v) is 7.33. The Hall–Kier alpha value is -1.99. The SMILES string of the molecule is CC1(C)CC(N2CCOCC2)=C/C(=N\Nc2ncnc3sc4c(c23)CCCC4)C1.